The fraction of sp³-hybridized carbons (Fsp3) is 0.343. The van der Waals surface area contributed by atoms with Gasteiger partial charge in [-0.2, -0.15) is 5.10 Å². The number of fused-ring (bicyclic) bond motifs is 1. The summed E-state index contributed by atoms with van der Waals surface area (Å²) in [6.45, 7) is 2.84. The normalized spacial score (nSPS) is 21.9. The lowest BCUT2D eigenvalue weighted by atomic mass is 9.77. The Hall–Kier alpha value is -4.93. The second-order valence-electron chi connectivity index (χ2n) is 12.2. The molecule has 238 valence electrons. The summed E-state index contributed by atoms with van der Waals surface area (Å²) in [4.78, 5) is 40.1. The molecule has 6 rings (SSSR count). The number of ether oxygens (including phenoxy) is 1. The van der Waals surface area contributed by atoms with Gasteiger partial charge < -0.3 is 9.64 Å². The molecule has 0 spiro atoms. The summed E-state index contributed by atoms with van der Waals surface area (Å²) in [6.07, 6.45) is 6.19. The standard InChI is InChI=1S/C35H34F2N4O5/c1-22-4-3-17-39(20-22)30-16-11-26(19-31(30)41(44)45)35(43)46-21-32(42)40-34(24-9-14-28(37)15-10-24)29-6-2-5-25(33(29)38-40)18-23-7-12-27(36)13-8-23/h7-16,18-19,22,29,34H,2-6,17,20-21H2,1H3. The maximum atomic E-state index is 13.8. The zero-order valence-corrected chi connectivity index (χ0v) is 25.4. The molecule has 9 nitrogen and oxygen atoms in total. The number of carbonyl (C=O) groups excluding carboxylic acids is 2. The van der Waals surface area contributed by atoms with Crippen molar-refractivity contribution in [3.8, 4) is 0 Å². The summed E-state index contributed by atoms with van der Waals surface area (Å²) >= 11 is 0. The lowest BCUT2D eigenvalue weighted by Gasteiger charge is -2.32. The number of rotatable bonds is 7. The van der Waals surface area contributed by atoms with Gasteiger partial charge in [0.2, 0.25) is 0 Å². The minimum Gasteiger partial charge on any atom is -0.452 e. The van der Waals surface area contributed by atoms with Crippen molar-refractivity contribution in [3.63, 3.8) is 0 Å². The summed E-state index contributed by atoms with van der Waals surface area (Å²) in [5.41, 5.74) is 3.33. The lowest BCUT2D eigenvalue weighted by Crippen LogP contribution is -2.35. The topological polar surface area (TPSA) is 105 Å². The van der Waals surface area contributed by atoms with Gasteiger partial charge in [-0.15, -0.1) is 0 Å². The van der Waals surface area contributed by atoms with Gasteiger partial charge in [-0.3, -0.25) is 14.9 Å². The van der Waals surface area contributed by atoms with Crippen LogP contribution >= 0.6 is 0 Å². The Kier molecular flexibility index (Phi) is 8.92. The highest BCUT2D eigenvalue weighted by atomic mass is 19.1. The molecular weight excluding hydrogens is 594 g/mol. The minimum atomic E-state index is -0.866. The summed E-state index contributed by atoms with van der Waals surface area (Å²) in [5, 5.41) is 18.0. The highest BCUT2D eigenvalue weighted by molar-refractivity contribution is 6.08. The summed E-state index contributed by atoms with van der Waals surface area (Å²) in [7, 11) is 0. The first-order valence-electron chi connectivity index (χ1n) is 15.5. The van der Waals surface area contributed by atoms with E-state index in [1.54, 1.807) is 30.3 Å². The summed E-state index contributed by atoms with van der Waals surface area (Å²) < 4.78 is 32.7. The zero-order chi connectivity index (χ0) is 32.4. The number of hydrogen-bond donors (Lipinski definition) is 0. The van der Waals surface area contributed by atoms with Crippen LogP contribution in [0.4, 0.5) is 20.2 Å². The van der Waals surface area contributed by atoms with Crippen LogP contribution in [-0.4, -0.2) is 47.2 Å². The number of piperidine rings is 1. The Morgan fingerprint density at radius 3 is 2.43 bits per heavy atom. The van der Waals surface area contributed by atoms with E-state index in [1.807, 2.05) is 11.0 Å². The van der Waals surface area contributed by atoms with Gasteiger partial charge in [0, 0.05) is 25.1 Å². The van der Waals surface area contributed by atoms with Gasteiger partial charge in [-0.25, -0.2) is 18.6 Å². The number of amides is 1. The van der Waals surface area contributed by atoms with Crippen LogP contribution in [0.1, 0.15) is 66.6 Å². The molecule has 1 saturated carbocycles. The number of allylic oxidation sites excluding steroid dienone is 1. The van der Waals surface area contributed by atoms with Gasteiger partial charge in [-0.05, 0) is 97.2 Å². The number of hydrazone groups is 1. The average Bonchev–Trinajstić information content (AvgIpc) is 3.45. The van der Waals surface area contributed by atoms with Crippen LogP contribution < -0.4 is 4.90 Å². The third kappa shape index (κ3) is 6.54. The number of esters is 1. The zero-order valence-electron chi connectivity index (χ0n) is 25.4. The minimum absolute atomic E-state index is 0.0330. The molecule has 3 unspecified atom stereocenters. The number of nitro groups is 1. The maximum Gasteiger partial charge on any atom is 0.338 e. The SMILES string of the molecule is CC1CCCN(c2ccc(C(=O)OCC(=O)N3N=C4C(=Cc5ccc(F)cc5)CCCC4C3c3ccc(F)cc3)cc2[N+](=O)[O-])C1. The number of halogens is 2. The Labute approximate surface area is 265 Å². The number of hydrogen-bond acceptors (Lipinski definition) is 7. The highest BCUT2D eigenvalue weighted by Gasteiger charge is 2.44. The largest absolute Gasteiger partial charge is 0.452 e. The summed E-state index contributed by atoms with van der Waals surface area (Å²) in [5.74, 6) is -1.99. The van der Waals surface area contributed by atoms with Crippen molar-refractivity contribution >= 4 is 35.0 Å². The van der Waals surface area contributed by atoms with Crippen molar-refractivity contribution in [3.05, 3.63) is 111 Å². The molecular formula is C35H34F2N4O5. The number of anilines is 1. The molecule has 1 amide bonds. The number of nitro benzene ring substituents is 1. The molecule has 2 fully saturated rings. The first-order valence-corrected chi connectivity index (χ1v) is 15.5. The molecule has 0 bridgehead atoms. The third-order valence-electron chi connectivity index (χ3n) is 8.91. The van der Waals surface area contributed by atoms with Crippen LogP contribution in [0.3, 0.4) is 0 Å². The third-order valence-corrected chi connectivity index (χ3v) is 8.91. The first-order chi connectivity index (χ1) is 22.2. The van der Waals surface area contributed by atoms with Crippen molar-refractivity contribution in [2.75, 3.05) is 24.6 Å². The fourth-order valence-electron chi connectivity index (χ4n) is 6.71. The van der Waals surface area contributed by atoms with Crippen molar-refractivity contribution in [2.45, 2.75) is 45.1 Å². The van der Waals surface area contributed by atoms with Crippen LogP contribution in [0.2, 0.25) is 0 Å². The first kappa shape index (κ1) is 31.1. The molecule has 11 heteroatoms. The molecule has 0 radical (unpaired) electrons. The van der Waals surface area contributed by atoms with Crippen LogP contribution in [0.15, 0.2) is 77.4 Å². The smallest absolute Gasteiger partial charge is 0.338 e. The van der Waals surface area contributed by atoms with Crippen LogP contribution in [0.5, 0.6) is 0 Å². The lowest BCUT2D eigenvalue weighted by molar-refractivity contribution is -0.384. The number of benzene rings is 3. The molecule has 2 aliphatic heterocycles. The van der Waals surface area contributed by atoms with E-state index < -0.39 is 35.3 Å². The van der Waals surface area contributed by atoms with E-state index >= 15 is 0 Å². The molecule has 3 aromatic rings. The Morgan fingerprint density at radius 2 is 1.74 bits per heavy atom. The predicted molar refractivity (Wildman–Crippen MR) is 169 cm³/mol. The van der Waals surface area contributed by atoms with Crippen LogP contribution in [0, 0.1) is 33.6 Å². The monoisotopic (exact) mass is 628 g/mol. The second kappa shape index (κ2) is 13.2. The molecule has 46 heavy (non-hydrogen) atoms. The van der Waals surface area contributed by atoms with E-state index in [2.05, 4.69) is 6.92 Å². The van der Waals surface area contributed by atoms with E-state index in [1.165, 1.54) is 41.4 Å². The molecule has 0 aromatic heterocycles. The molecule has 3 aliphatic rings. The Balaban J connectivity index is 1.23. The second-order valence-corrected chi connectivity index (χ2v) is 12.2. The van der Waals surface area contributed by atoms with Crippen LogP contribution in [-0.2, 0) is 9.53 Å². The van der Waals surface area contributed by atoms with Crippen molar-refractivity contribution in [2.24, 2.45) is 16.9 Å². The van der Waals surface area contributed by atoms with E-state index in [-0.39, 0.29) is 23.0 Å². The van der Waals surface area contributed by atoms with Crippen molar-refractivity contribution in [1.82, 2.24) is 5.01 Å². The predicted octanol–water partition coefficient (Wildman–Crippen LogP) is 7.09. The molecule has 1 aliphatic carbocycles. The molecule has 1 saturated heterocycles. The molecule has 2 heterocycles. The average molecular weight is 629 g/mol. The molecule has 3 aromatic carbocycles. The van der Waals surface area contributed by atoms with E-state index in [9.17, 15) is 28.5 Å². The van der Waals surface area contributed by atoms with Crippen LogP contribution in [0.25, 0.3) is 6.08 Å². The van der Waals surface area contributed by atoms with Gasteiger partial charge in [-0.1, -0.05) is 31.2 Å². The van der Waals surface area contributed by atoms with Gasteiger partial charge in [0.05, 0.1) is 22.2 Å². The van der Waals surface area contributed by atoms with E-state index in [0.717, 1.165) is 36.8 Å². The van der Waals surface area contributed by atoms with E-state index in [0.29, 0.717) is 42.4 Å². The van der Waals surface area contributed by atoms with Gasteiger partial charge in [0.1, 0.15) is 17.3 Å². The Morgan fingerprint density at radius 1 is 1.02 bits per heavy atom. The summed E-state index contributed by atoms with van der Waals surface area (Å²) in [6, 6.07) is 15.7. The Bertz CT molecular complexity index is 1710. The van der Waals surface area contributed by atoms with Crippen molar-refractivity contribution < 1.29 is 28.0 Å². The number of nitrogens with zero attached hydrogens (tertiary/aromatic N) is 4. The molecule has 3 atom stereocenters. The van der Waals surface area contributed by atoms with Gasteiger partial charge in [0.15, 0.2) is 6.61 Å². The van der Waals surface area contributed by atoms with E-state index in [4.69, 9.17) is 9.84 Å². The number of carbonyl (C=O) groups is 2. The van der Waals surface area contributed by atoms with Crippen molar-refractivity contribution in [1.29, 1.82) is 0 Å². The fourth-order valence-corrected chi connectivity index (χ4v) is 6.71. The maximum absolute atomic E-state index is 13.8. The molecule has 0 N–H and O–H groups in total. The highest BCUT2D eigenvalue weighted by Crippen LogP contribution is 2.44. The van der Waals surface area contributed by atoms with Gasteiger partial charge in [0.25, 0.3) is 11.6 Å². The van der Waals surface area contributed by atoms with Gasteiger partial charge >= 0.3 is 5.97 Å². The quantitative estimate of drug-likeness (QED) is 0.157.